The van der Waals surface area contributed by atoms with Gasteiger partial charge in [0.15, 0.2) is 0 Å². The largest absolute Gasteiger partial charge is 0.278 e. The van der Waals surface area contributed by atoms with Crippen molar-refractivity contribution in [2.75, 3.05) is 0 Å². The molecular formula is C12H15F3. The van der Waals surface area contributed by atoms with Gasteiger partial charge in [-0.05, 0) is 18.9 Å². The lowest BCUT2D eigenvalue weighted by Crippen LogP contribution is -2.24. The maximum Gasteiger partial charge on any atom is 0.278 e. The van der Waals surface area contributed by atoms with E-state index in [4.69, 9.17) is 0 Å². The summed E-state index contributed by atoms with van der Waals surface area (Å²) in [5.41, 5.74) is -0.229. The summed E-state index contributed by atoms with van der Waals surface area (Å²) in [6.07, 6.45) is 0.320. The number of aryl methyl sites for hydroxylation is 1. The van der Waals surface area contributed by atoms with Crippen molar-refractivity contribution in [1.29, 1.82) is 0 Å². The van der Waals surface area contributed by atoms with Crippen LogP contribution in [0.3, 0.4) is 0 Å². The smallest absolute Gasteiger partial charge is 0.206 e. The fourth-order valence-corrected chi connectivity index (χ4v) is 1.43. The van der Waals surface area contributed by atoms with Crippen LogP contribution in [0, 0.1) is 18.7 Å². The molecule has 0 aliphatic heterocycles. The molecule has 0 aliphatic rings. The highest BCUT2D eigenvalue weighted by Gasteiger charge is 2.39. The van der Waals surface area contributed by atoms with E-state index in [1.807, 2.05) is 0 Å². The molecule has 0 heterocycles. The van der Waals surface area contributed by atoms with Gasteiger partial charge in [0, 0.05) is 5.92 Å². The van der Waals surface area contributed by atoms with Crippen molar-refractivity contribution < 1.29 is 13.2 Å². The molecule has 0 saturated heterocycles. The third kappa shape index (κ3) is 2.16. The van der Waals surface area contributed by atoms with Crippen molar-refractivity contribution in [3.8, 4) is 0 Å². The molecule has 0 aromatic heterocycles. The van der Waals surface area contributed by atoms with E-state index in [0.29, 0.717) is 6.42 Å². The van der Waals surface area contributed by atoms with E-state index in [0.717, 1.165) is 6.07 Å². The van der Waals surface area contributed by atoms with Crippen LogP contribution in [0.4, 0.5) is 13.2 Å². The summed E-state index contributed by atoms with van der Waals surface area (Å²) in [5, 5.41) is 0. The second-order valence-corrected chi connectivity index (χ2v) is 3.87. The molecule has 1 unspecified atom stereocenters. The van der Waals surface area contributed by atoms with Crippen LogP contribution in [0.2, 0.25) is 0 Å². The Hall–Kier alpha value is -0.990. The molecule has 15 heavy (non-hydrogen) atoms. The summed E-state index contributed by atoms with van der Waals surface area (Å²) in [5.74, 6) is -4.73. The van der Waals surface area contributed by atoms with E-state index in [9.17, 15) is 13.2 Å². The molecule has 0 aliphatic carbocycles. The molecule has 84 valence electrons. The van der Waals surface area contributed by atoms with Gasteiger partial charge in [-0.15, -0.1) is 0 Å². The highest BCUT2D eigenvalue weighted by Crippen LogP contribution is 2.39. The fraction of sp³-hybridized carbons (Fsp3) is 0.500. The second kappa shape index (κ2) is 4.25. The molecule has 0 amide bonds. The maximum absolute atomic E-state index is 13.8. The van der Waals surface area contributed by atoms with Crippen LogP contribution in [-0.2, 0) is 5.92 Å². The van der Waals surface area contributed by atoms with Gasteiger partial charge in [-0.2, -0.15) is 0 Å². The van der Waals surface area contributed by atoms with E-state index in [-0.39, 0.29) is 5.56 Å². The molecule has 0 bridgehead atoms. The molecular weight excluding hydrogens is 201 g/mol. The monoisotopic (exact) mass is 216 g/mol. The van der Waals surface area contributed by atoms with Gasteiger partial charge in [-0.25, -0.2) is 13.2 Å². The normalized spacial score (nSPS) is 14.0. The molecule has 1 atom stereocenters. The molecule has 0 fully saturated rings. The SMILES string of the molecule is CCC(C)C(F)(F)c1cccc(C)c1F. The van der Waals surface area contributed by atoms with Gasteiger partial charge in [-0.1, -0.05) is 32.0 Å². The Balaban J connectivity index is 3.20. The minimum Gasteiger partial charge on any atom is -0.206 e. The van der Waals surface area contributed by atoms with Crippen molar-refractivity contribution in [2.24, 2.45) is 5.92 Å². The Bertz CT molecular complexity index is 345. The molecule has 1 aromatic carbocycles. The van der Waals surface area contributed by atoms with E-state index < -0.39 is 23.2 Å². The summed E-state index contributed by atoms with van der Waals surface area (Å²) in [6.45, 7) is 4.60. The van der Waals surface area contributed by atoms with Crippen molar-refractivity contribution in [3.05, 3.63) is 35.1 Å². The Morgan fingerprint density at radius 2 is 1.93 bits per heavy atom. The van der Waals surface area contributed by atoms with Crippen molar-refractivity contribution in [3.63, 3.8) is 0 Å². The van der Waals surface area contributed by atoms with Gasteiger partial charge < -0.3 is 0 Å². The highest BCUT2D eigenvalue weighted by atomic mass is 19.3. The van der Waals surface area contributed by atoms with Crippen LogP contribution in [0.15, 0.2) is 18.2 Å². The fourth-order valence-electron chi connectivity index (χ4n) is 1.43. The van der Waals surface area contributed by atoms with Crippen LogP contribution in [0.5, 0.6) is 0 Å². The third-order valence-corrected chi connectivity index (χ3v) is 2.78. The quantitative estimate of drug-likeness (QED) is 0.707. The first-order valence-corrected chi connectivity index (χ1v) is 5.04. The second-order valence-electron chi connectivity index (χ2n) is 3.87. The van der Waals surface area contributed by atoms with Gasteiger partial charge in [0.05, 0.1) is 5.56 Å². The standard InChI is InChI=1S/C12H15F3/c1-4-9(3)12(14,15)10-7-5-6-8(2)11(10)13/h5-7,9H,4H2,1-3H3. The average molecular weight is 216 g/mol. The molecule has 0 radical (unpaired) electrons. The van der Waals surface area contributed by atoms with Crippen molar-refractivity contribution in [2.45, 2.75) is 33.1 Å². The average Bonchev–Trinajstić information content (AvgIpc) is 2.20. The highest BCUT2D eigenvalue weighted by molar-refractivity contribution is 5.28. The lowest BCUT2D eigenvalue weighted by molar-refractivity contribution is -0.0624. The molecule has 3 heteroatoms. The van der Waals surface area contributed by atoms with Gasteiger partial charge >= 0.3 is 0 Å². The van der Waals surface area contributed by atoms with Gasteiger partial charge in [0.1, 0.15) is 5.82 Å². The van der Waals surface area contributed by atoms with Crippen molar-refractivity contribution in [1.82, 2.24) is 0 Å². The van der Waals surface area contributed by atoms with Gasteiger partial charge in [0.25, 0.3) is 5.92 Å². The van der Waals surface area contributed by atoms with Crippen LogP contribution in [-0.4, -0.2) is 0 Å². The Kier molecular flexibility index (Phi) is 3.42. The zero-order valence-corrected chi connectivity index (χ0v) is 9.15. The molecule has 0 nitrogen and oxygen atoms in total. The number of hydrogen-bond acceptors (Lipinski definition) is 0. The molecule has 0 N–H and O–H groups in total. The first-order chi connectivity index (χ1) is 6.91. The van der Waals surface area contributed by atoms with E-state index in [1.54, 1.807) is 6.92 Å². The zero-order chi connectivity index (χ0) is 11.6. The minimum absolute atomic E-state index is 0.260. The number of hydrogen-bond donors (Lipinski definition) is 0. The Labute approximate surface area is 88.1 Å². The Morgan fingerprint density at radius 1 is 1.33 bits per heavy atom. The number of halogens is 3. The Morgan fingerprint density at radius 3 is 2.47 bits per heavy atom. The number of benzene rings is 1. The summed E-state index contributed by atoms with van der Waals surface area (Å²) >= 11 is 0. The lowest BCUT2D eigenvalue weighted by atomic mass is 9.92. The van der Waals surface area contributed by atoms with E-state index in [2.05, 4.69) is 0 Å². The number of alkyl halides is 2. The number of rotatable bonds is 3. The first kappa shape index (κ1) is 12.1. The molecule has 1 rings (SSSR count). The van der Waals surface area contributed by atoms with Crippen LogP contribution < -0.4 is 0 Å². The van der Waals surface area contributed by atoms with Crippen LogP contribution in [0.25, 0.3) is 0 Å². The maximum atomic E-state index is 13.8. The molecule has 0 spiro atoms. The third-order valence-electron chi connectivity index (χ3n) is 2.78. The van der Waals surface area contributed by atoms with E-state index in [1.165, 1.54) is 26.0 Å². The van der Waals surface area contributed by atoms with E-state index >= 15 is 0 Å². The summed E-state index contributed by atoms with van der Waals surface area (Å²) in [7, 11) is 0. The topological polar surface area (TPSA) is 0 Å². The predicted molar refractivity (Wildman–Crippen MR) is 54.5 cm³/mol. The minimum atomic E-state index is -3.09. The summed E-state index contributed by atoms with van der Waals surface area (Å²) < 4.78 is 41.0. The zero-order valence-electron chi connectivity index (χ0n) is 9.15. The molecule has 0 saturated carbocycles. The van der Waals surface area contributed by atoms with Crippen molar-refractivity contribution >= 4 is 0 Å². The van der Waals surface area contributed by atoms with Crippen LogP contribution in [0.1, 0.15) is 31.4 Å². The van der Waals surface area contributed by atoms with Crippen LogP contribution >= 0.6 is 0 Å². The lowest BCUT2D eigenvalue weighted by Gasteiger charge is -2.23. The summed E-state index contributed by atoms with van der Waals surface area (Å²) in [4.78, 5) is 0. The van der Waals surface area contributed by atoms with Gasteiger partial charge in [-0.3, -0.25) is 0 Å². The first-order valence-electron chi connectivity index (χ1n) is 5.04. The van der Waals surface area contributed by atoms with Gasteiger partial charge in [0.2, 0.25) is 0 Å². The predicted octanol–water partition coefficient (Wildman–Crippen LogP) is 4.27. The molecule has 1 aromatic rings. The summed E-state index contributed by atoms with van der Waals surface area (Å²) in [6, 6.07) is 4.12.